The van der Waals surface area contributed by atoms with E-state index in [2.05, 4.69) is 0 Å². The Morgan fingerprint density at radius 1 is 1.00 bits per heavy atom. The number of methoxy groups -OCH3 is 1. The Bertz CT molecular complexity index is 1220. The van der Waals surface area contributed by atoms with E-state index >= 15 is 0 Å². The standard InChI is InChI=1S/C22H22O11/c1-30-10-5-13(25)17-15(6-10)31-8-11(18(17)26)9-2-3-14(12(24)4-9)32-22-21(29)20(28)19(27)16(7-23)33-22/h2-6,8,16,19-25,27-29H,7H2,1H3/t16-,19-,20+,21-,22-/m1/s1. The van der Waals surface area contributed by atoms with Crippen molar-refractivity contribution < 1.29 is 49.3 Å². The molecule has 1 aliphatic rings. The molecule has 1 fully saturated rings. The van der Waals surface area contributed by atoms with Gasteiger partial charge in [-0.25, -0.2) is 0 Å². The van der Waals surface area contributed by atoms with E-state index in [4.69, 9.17) is 18.6 Å². The highest BCUT2D eigenvalue weighted by atomic mass is 16.7. The summed E-state index contributed by atoms with van der Waals surface area (Å²) in [7, 11) is 1.41. The molecule has 0 spiro atoms. The van der Waals surface area contributed by atoms with E-state index in [9.17, 15) is 35.4 Å². The number of aliphatic hydroxyl groups is 4. The highest BCUT2D eigenvalue weighted by Gasteiger charge is 2.44. The minimum atomic E-state index is -1.66. The predicted octanol–water partition coefficient (Wildman–Crippen LogP) is 0.0585. The molecule has 11 nitrogen and oxygen atoms in total. The van der Waals surface area contributed by atoms with Gasteiger partial charge in [-0.1, -0.05) is 6.07 Å². The van der Waals surface area contributed by atoms with Crippen molar-refractivity contribution in [3.63, 3.8) is 0 Å². The maximum atomic E-state index is 12.9. The van der Waals surface area contributed by atoms with Gasteiger partial charge in [0.15, 0.2) is 11.5 Å². The molecule has 0 bridgehead atoms. The number of phenolic OH excluding ortho intramolecular Hbond substituents is 2. The minimum absolute atomic E-state index is 0.0534. The van der Waals surface area contributed by atoms with E-state index in [1.165, 1.54) is 43.7 Å². The van der Waals surface area contributed by atoms with Gasteiger partial charge in [0.25, 0.3) is 0 Å². The lowest BCUT2D eigenvalue weighted by Gasteiger charge is -2.39. The Morgan fingerprint density at radius 2 is 1.76 bits per heavy atom. The first kappa shape index (κ1) is 22.8. The van der Waals surface area contributed by atoms with Crippen LogP contribution in [0.2, 0.25) is 0 Å². The summed E-state index contributed by atoms with van der Waals surface area (Å²) in [6, 6.07) is 6.66. The van der Waals surface area contributed by atoms with Gasteiger partial charge in [0.1, 0.15) is 53.1 Å². The first-order chi connectivity index (χ1) is 15.7. The van der Waals surface area contributed by atoms with E-state index in [1.54, 1.807) is 0 Å². The molecule has 3 aromatic rings. The third-order valence-corrected chi connectivity index (χ3v) is 5.43. The molecule has 2 heterocycles. The Morgan fingerprint density at radius 3 is 2.42 bits per heavy atom. The minimum Gasteiger partial charge on any atom is -0.507 e. The van der Waals surface area contributed by atoms with Crippen molar-refractivity contribution in [3.05, 3.63) is 46.8 Å². The number of aromatic hydroxyl groups is 2. The molecule has 0 aliphatic carbocycles. The second-order valence-electron chi connectivity index (χ2n) is 7.50. The fourth-order valence-electron chi connectivity index (χ4n) is 3.60. The molecule has 0 unspecified atom stereocenters. The highest BCUT2D eigenvalue weighted by molar-refractivity contribution is 5.88. The van der Waals surface area contributed by atoms with E-state index in [1.807, 2.05) is 0 Å². The summed E-state index contributed by atoms with van der Waals surface area (Å²) in [4.78, 5) is 12.9. The van der Waals surface area contributed by atoms with Crippen molar-refractivity contribution in [3.8, 4) is 34.1 Å². The van der Waals surface area contributed by atoms with Gasteiger partial charge in [0.2, 0.25) is 11.7 Å². The van der Waals surface area contributed by atoms with Crippen LogP contribution in [0.1, 0.15) is 0 Å². The SMILES string of the molecule is COc1cc(O)c2c(=O)c(-c3ccc(O[C@@H]4O[C@H](CO)[C@@H](O)[C@H](O)[C@H]4O)c(O)c3)coc2c1. The number of aliphatic hydroxyl groups excluding tert-OH is 4. The number of ether oxygens (including phenoxy) is 3. The van der Waals surface area contributed by atoms with Crippen LogP contribution in [0.25, 0.3) is 22.1 Å². The van der Waals surface area contributed by atoms with Crippen LogP contribution in [0.5, 0.6) is 23.0 Å². The van der Waals surface area contributed by atoms with Crippen LogP contribution >= 0.6 is 0 Å². The monoisotopic (exact) mass is 462 g/mol. The molecule has 176 valence electrons. The molecule has 4 rings (SSSR count). The number of rotatable bonds is 5. The van der Waals surface area contributed by atoms with Gasteiger partial charge >= 0.3 is 0 Å². The van der Waals surface area contributed by atoms with Crippen molar-refractivity contribution >= 4 is 11.0 Å². The van der Waals surface area contributed by atoms with E-state index in [0.717, 1.165) is 0 Å². The summed E-state index contributed by atoms with van der Waals surface area (Å²) in [5, 5.41) is 59.7. The molecule has 5 atom stereocenters. The van der Waals surface area contributed by atoms with Crippen molar-refractivity contribution in [1.29, 1.82) is 0 Å². The summed E-state index contributed by atoms with van der Waals surface area (Å²) >= 11 is 0. The van der Waals surface area contributed by atoms with Gasteiger partial charge in [-0.3, -0.25) is 4.79 Å². The van der Waals surface area contributed by atoms with Crippen molar-refractivity contribution in [2.24, 2.45) is 0 Å². The summed E-state index contributed by atoms with van der Waals surface area (Å²) in [5.74, 6) is -0.598. The lowest BCUT2D eigenvalue weighted by atomic mass is 9.99. The van der Waals surface area contributed by atoms with E-state index in [0.29, 0.717) is 5.75 Å². The van der Waals surface area contributed by atoms with Crippen LogP contribution in [0.4, 0.5) is 0 Å². The smallest absolute Gasteiger partial charge is 0.229 e. The summed E-state index contributed by atoms with van der Waals surface area (Å²) in [5.41, 5.74) is -0.122. The molecule has 11 heteroatoms. The van der Waals surface area contributed by atoms with Crippen LogP contribution in [0, 0.1) is 0 Å². The van der Waals surface area contributed by atoms with Gasteiger partial charge in [0.05, 0.1) is 19.3 Å². The molecule has 0 radical (unpaired) electrons. The molecule has 33 heavy (non-hydrogen) atoms. The number of fused-ring (bicyclic) bond motifs is 1. The van der Waals surface area contributed by atoms with Crippen LogP contribution in [0.3, 0.4) is 0 Å². The molecule has 1 aliphatic heterocycles. The maximum absolute atomic E-state index is 12.9. The average molecular weight is 462 g/mol. The summed E-state index contributed by atoms with van der Waals surface area (Å²) in [6.07, 6.45) is -6.34. The van der Waals surface area contributed by atoms with Gasteiger partial charge in [0, 0.05) is 12.1 Å². The molecule has 6 N–H and O–H groups in total. The molecule has 1 aromatic heterocycles. The lowest BCUT2D eigenvalue weighted by molar-refractivity contribution is -0.277. The fourth-order valence-corrected chi connectivity index (χ4v) is 3.60. The zero-order chi connectivity index (χ0) is 23.9. The van der Waals surface area contributed by atoms with Crippen LogP contribution in [-0.4, -0.2) is 75.1 Å². The predicted molar refractivity (Wildman–Crippen MR) is 112 cm³/mol. The maximum Gasteiger partial charge on any atom is 0.229 e. The molecule has 0 saturated carbocycles. The van der Waals surface area contributed by atoms with E-state index < -0.39 is 48.5 Å². The number of phenols is 2. The normalized spacial score (nSPS) is 25.2. The molecular formula is C22H22O11. The largest absolute Gasteiger partial charge is 0.507 e. The Labute approximate surface area is 186 Å². The quantitative estimate of drug-likeness (QED) is 0.302. The zero-order valence-electron chi connectivity index (χ0n) is 17.3. The lowest BCUT2D eigenvalue weighted by Crippen LogP contribution is -2.60. The van der Waals surface area contributed by atoms with Crippen molar-refractivity contribution in [2.45, 2.75) is 30.7 Å². The fraction of sp³-hybridized carbons (Fsp3) is 0.318. The third-order valence-electron chi connectivity index (χ3n) is 5.43. The Balaban J connectivity index is 1.64. The molecule has 0 amide bonds. The number of hydrogen-bond donors (Lipinski definition) is 6. The second-order valence-corrected chi connectivity index (χ2v) is 7.50. The van der Waals surface area contributed by atoms with Crippen LogP contribution < -0.4 is 14.9 Å². The Kier molecular flexibility index (Phi) is 6.15. The molecule has 1 saturated heterocycles. The van der Waals surface area contributed by atoms with Crippen LogP contribution in [-0.2, 0) is 4.74 Å². The molecule has 2 aromatic carbocycles. The van der Waals surface area contributed by atoms with Gasteiger partial charge in [-0.15, -0.1) is 0 Å². The highest BCUT2D eigenvalue weighted by Crippen LogP contribution is 2.35. The van der Waals surface area contributed by atoms with Crippen molar-refractivity contribution in [1.82, 2.24) is 0 Å². The summed E-state index contributed by atoms with van der Waals surface area (Å²) < 4.78 is 21.2. The Hall–Kier alpha value is -3.35. The number of hydrogen-bond acceptors (Lipinski definition) is 11. The number of benzene rings is 2. The van der Waals surface area contributed by atoms with Crippen molar-refractivity contribution in [2.75, 3.05) is 13.7 Å². The first-order valence-electron chi connectivity index (χ1n) is 9.88. The topological polar surface area (TPSA) is 179 Å². The van der Waals surface area contributed by atoms with Gasteiger partial charge < -0.3 is 49.3 Å². The first-order valence-corrected chi connectivity index (χ1v) is 9.88. The average Bonchev–Trinajstić information content (AvgIpc) is 2.80. The molecular weight excluding hydrogens is 440 g/mol. The van der Waals surface area contributed by atoms with Gasteiger partial charge in [-0.2, -0.15) is 0 Å². The third kappa shape index (κ3) is 4.08. The summed E-state index contributed by atoms with van der Waals surface area (Å²) in [6.45, 7) is -0.633. The van der Waals surface area contributed by atoms with Crippen LogP contribution in [0.15, 0.2) is 45.8 Å². The second kappa shape index (κ2) is 8.89. The van der Waals surface area contributed by atoms with Gasteiger partial charge in [-0.05, 0) is 17.7 Å². The van der Waals surface area contributed by atoms with E-state index in [-0.39, 0.29) is 33.6 Å². The zero-order valence-corrected chi connectivity index (χ0v) is 17.3.